The van der Waals surface area contributed by atoms with E-state index in [0.717, 1.165) is 16.3 Å². The van der Waals surface area contributed by atoms with E-state index in [1.165, 1.54) is 10.8 Å². The van der Waals surface area contributed by atoms with Crippen LogP contribution in [-0.4, -0.2) is 11.7 Å². The van der Waals surface area contributed by atoms with Crippen molar-refractivity contribution in [1.82, 2.24) is 0 Å². The maximum Gasteiger partial charge on any atom is 0.0624 e. The number of fused-ring (bicyclic) bond motifs is 3. The standard InChI is InChI=1S/C16H15NO/c17-16(10-18)15-9-11-5-1-2-6-12(11)13-7-3-4-8-14(13)15/h1-9,16,18H,10,17H2. The molecular weight excluding hydrogens is 222 g/mol. The molecule has 0 aromatic heterocycles. The lowest BCUT2D eigenvalue weighted by molar-refractivity contribution is 0.268. The molecule has 1 atom stereocenters. The van der Waals surface area contributed by atoms with Crippen LogP contribution in [0.5, 0.6) is 0 Å². The van der Waals surface area contributed by atoms with Gasteiger partial charge in [-0.25, -0.2) is 0 Å². The molecule has 3 aromatic carbocycles. The van der Waals surface area contributed by atoms with Crippen molar-refractivity contribution in [2.75, 3.05) is 6.61 Å². The number of nitrogens with two attached hydrogens (primary N) is 1. The van der Waals surface area contributed by atoms with Gasteiger partial charge in [0.05, 0.1) is 12.6 Å². The molecule has 2 nitrogen and oxygen atoms in total. The van der Waals surface area contributed by atoms with Crippen LogP contribution in [0.1, 0.15) is 11.6 Å². The van der Waals surface area contributed by atoms with Crippen molar-refractivity contribution < 1.29 is 5.11 Å². The summed E-state index contributed by atoms with van der Waals surface area (Å²) in [7, 11) is 0. The van der Waals surface area contributed by atoms with Gasteiger partial charge in [0.15, 0.2) is 0 Å². The monoisotopic (exact) mass is 237 g/mol. The second kappa shape index (κ2) is 4.41. The Bertz CT molecular complexity index is 706. The largest absolute Gasteiger partial charge is 0.394 e. The Morgan fingerprint density at radius 3 is 2.22 bits per heavy atom. The van der Waals surface area contributed by atoms with Gasteiger partial charge in [-0.15, -0.1) is 0 Å². The van der Waals surface area contributed by atoms with Crippen LogP contribution >= 0.6 is 0 Å². The van der Waals surface area contributed by atoms with Gasteiger partial charge in [-0.05, 0) is 33.2 Å². The third-order valence-electron chi connectivity index (χ3n) is 3.40. The summed E-state index contributed by atoms with van der Waals surface area (Å²) in [5.41, 5.74) is 7.01. The Morgan fingerprint density at radius 1 is 0.889 bits per heavy atom. The van der Waals surface area contributed by atoms with Crippen molar-refractivity contribution in [3.8, 4) is 0 Å². The summed E-state index contributed by atoms with van der Waals surface area (Å²) < 4.78 is 0. The number of hydrogen-bond donors (Lipinski definition) is 2. The predicted octanol–water partition coefficient (Wildman–Crippen LogP) is 2.99. The lowest BCUT2D eigenvalue weighted by atomic mass is 9.94. The third-order valence-corrected chi connectivity index (χ3v) is 3.40. The molecule has 0 heterocycles. The van der Waals surface area contributed by atoms with Crippen molar-refractivity contribution in [1.29, 1.82) is 0 Å². The minimum Gasteiger partial charge on any atom is -0.394 e. The summed E-state index contributed by atoms with van der Waals surface area (Å²) >= 11 is 0. The molecule has 0 saturated heterocycles. The fourth-order valence-electron chi connectivity index (χ4n) is 2.49. The minimum absolute atomic E-state index is 0.0394. The fraction of sp³-hybridized carbons (Fsp3) is 0.125. The normalized spacial score (nSPS) is 13.0. The van der Waals surface area contributed by atoms with Gasteiger partial charge < -0.3 is 10.8 Å². The van der Waals surface area contributed by atoms with Crippen LogP contribution in [0, 0.1) is 0 Å². The zero-order chi connectivity index (χ0) is 12.5. The molecule has 0 amide bonds. The number of benzene rings is 3. The fourth-order valence-corrected chi connectivity index (χ4v) is 2.49. The Hall–Kier alpha value is -1.90. The molecule has 18 heavy (non-hydrogen) atoms. The van der Waals surface area contributed by atoms with E-state index in [2.05, 4.69) is 30.3 Å². The Morgan fingerprint density at radius 2 is 1.50 bits per heavy atom. The van der Waals surface area contributed by atoms with Gasteiger partial charge in [0.25, 0.3) is 0 Å². The van der Waals surface area contributed by atoms with Gasteiger partial charge in [-0.2, -0.15) is 0 Å². The molecule has 0 spiro atoms. The summed E-state index contributed by atoms with van der Waals surface area (Å²) in [6.45, 7) is -0.0394. The van der Waals surface area contributed by atoms with E-state index in [0.29, 0.717) is 0 Å². The smallest absolute Gasteiger partial charge is 0.0624 e. The molecule has 0 aliphatic carbocycles. The molecule has 3 N–H and O–H groups in total. The summed E-state index contributed by atoms with van der Waals surface area (Å²) in [6.07, 6.45) is 0. The lowest BCUT2D eigenvalue weighted by Crippen LogP contribution is -2.14. The molecule has 3 rings (SSSR count). The van der Waals surface area contributed by atoms with E-state index >= 15 is 0 Å². The number of hydrogen-bond acceptors (Lipinski definition) is 2. The van der Waals surface area contributed by atoms with E-state index in [1.54, 1.807) is 0 Å². The van der Waals surface area contributed by atoms with Crippen molar-refractivity contribution in [3.05, 3.63) is 60.2 Å². The quantitative estimate of drug-likeness (QED) is 0.673. The maximum atomic E-state index is 9.29. The molecule has 2 heteroatoms. The van der Waals surface area contributed by atoms with Crippen molar-refractivity contribution in [2.24, 2.45) is 5.73 Å². The molecule has 0 bridgehead atoms. The molecule has 0 saturated carbocycles. The summed E-state index contributed by atoms with van der Waals surface area (Å²) in [5.74, 6) is 0. The molecule has 3 aromatic rings. The van der Waals surface area contributed by atoms with Gasteiger partial charge in [0.2, 0.25) is 0 Å². The highest BCUT2D eigenvalue weighted by Crippen LogP contribution is 2.30. The van der Waals surface area contributed by atoms with Gasteiger partial charge >= 0.3 is 0 Å². The van der Waals surface area contributed by atoms with E-state index in [9.17, 15) is 5.11 Å². The average molecular weight is 237 g/mol. The first-order valence-electron chi connectivity index (χ1n) is 6.08. The van der Waals surface area contributed by atoms with Crippen LogP contribution in [-0.2, 0) is 0 Å². The highest BCUT2D eigenvalue weighted by Gasteiger charge is 2.11. The summed E-state index contributed by atoms with van der Waals surface area (Å²) in [4.78, 5) is 0. The third kappa shape index (κ3) is 1.67. The van der Waals surface area contributed by atoms with Crippen LogP contribution < -0.4 is 5.73 Å². The van der Waals surface area contributed by atoms with Crippen molar-refractivity contribution in [3.63, 3.8) is 0 Å². The predicted molar refractivity (Wildman–Crippen MR) is 75.5 cm³/mol. The average Bonchev–Trinajstić information content (AvgIpc) is 2.45. The Labute approximate surface area is 106 Å². The van der Waals surface area contributed by atoms with E-state index in [4.69, 9.17) is 5.73 Å². The van der Waals surface area contributed by atoms with Gasteiger partial charge in [-0.1, -0.05) is 48.5 Å². The second-order valence-corrected chi connectivity index (χ2v) is 4.52. The van der Waals surface area contributed by atoms with Crippen LogP contribution in [0.15, 0.2) is 54.6 Å². The molecule has 0 fully saturated rings. The number of rotatable bonds is 2. The molecule has 0 radical (unpaired) electrons. The zero-order valence-electron chi connectivity index (χ0n) is 10.0. The topological polar surface area (TPSA) is 46.2 Å². The van der Waals surface area contributed by atoms with Crippen LogP contribution in [0.4, 0.5) is 0 Å². The second-order valence-electron chi connectivity index (χ2n) is 4.52. The Balaban J connectivity index is 2.46. The number of aliphatic hydroxyl groups excluding tert-OH is 1. The first-order chi connectivity index (χ1) is 8.81. The van der Waals surface area contributed by atoms with E-state index in [-0.39, 0.29) is 12.6 Å². The first-order valence-corrected chi connectivity index (χ1v) is 6.08. The highest BCUT2D eigenvalue weighted by atomic mass is 16.3. The SMILES string of the molecule is NC(CO)c1cc2ccccc2c2ccccc12. The zero-order valence-corrected chi connectivity index (χ0v) is 10.0. The summed E-state index contributed by atoms with van der Waals surface area (Å²) in [6, 6.07) is 18.2. The lowest BCUT2D eigenvalue weighted by Gasteiger charge is -2.14. The number of aliphatic hydroxyl groups is 1. The van der Waals surface area contributed by atoms with Gasteiger partial charge in [-0.3, -0.25) is 0 Å². The molecule has 90 valence electrons. The molecular formula is C16H15NO. The van der Waals surface area contributed by atoms with Crippen molar-refractivity contribution >= 4 is 21.5 Å². The van der Waals surface area contributed by atoms with Gasteiger partial charge in [0.1, 0.15) is 0 Å². The Kier molecular flexibility index (Phi) is 2.74. The minimum atomic E-state index is -0.334. The molecule has 1 unspecified atom stereocenters. The van der Waals surface area contributed by atoms with Crippen molar-refractivity contribution in [2.45, 2.75) is 6.04 Å². The molecule has 0 aliphatic heterocycles. The van der Waals surface area contributed by atoms with Crippen LogP contribution in [0.3, 0.4) is 0 Å². The molecule has 0 aliphatic rings. The highest BCUT2D eigenvalue weighted by molar-refractivity contribution is 6.09. The summed E-state index contributed by atoms with van der Waals surface area (Å²) in [5, 5.41) is 14.0. The maximum absolute atomic E-state index is 9.29. The van der Waals surface area contributed by atoms with E-state index < -0.39 is 0 Å². The van der Waals surface area contributed by atoms with Crippen LogP contribution in [0.2, 0.25) is 0 Å². The van der Waals surface area contributed by atoms with Gasteiger partial charge in [0, 0.05) is 0 Å². The first kappa shape index (κ1) is 11.2. The van der Waals surface area contributed by atoms with E-state index in [1.807, 2.05) is 24.3 Å². The van der Waals surface area contributed by atoms with Crippen LogP contribution in [0.25, 0.3) is 21.5 Å².